The first kappa shape index (κ1) is 17.6. The molecule has 0 aliphatic heterocycles. The molecular formula is C21H22N4O. The highest BCUT2D eigenvalue weighted by Gasteiger charge is 2.15. The third-order valence-electron chi connectivity index (χ3n) is 4.10. The zero-order chi connectivity index (χ0) is 18.7. The van der Waals surface area contributed by atoms with Gasteiger partial charge < -0.3 is 11.5 Å². The number of pyridine rings is 1. The van der Waals surface area contributed by atoms with Crippen LogP contribution in [0.2, 0.25) is 0 Å². The number of carbonyl (C=O) groups excluding carboxylic acids is 1. The van der Waals surface area contributed by atoms with Crippen molar-refractivity contribution in [3.05, 3.63) is 65.7 Å². The molecule has 0 unspecified atom stereocenters. The summed E-state index contributed by atoms with van der Waals surface area (Å²) in [6, 6.07) is 17.4. The molecule has 0 saturated heterocycles. The smallest absolute Gasteiger partial charge is 0.280 e. The van der Waals surface area contributed by atoms with Gasteiger partial charge in [-0.1, -0.05) is 56.3 Å². The van der Waals surface area contributed by atoms with E-state index in [4.69, 9.17) is 16.5 Å². The normalized spacial score (nSPS) is 10.9. The van der Waals surface area contributed by atoms with Gasteiger partial charge in [-0.05, 0) is 30.0 Å². The summed E-state index contributed by atoms with van der Waals surface area (Å²) in [5.74, 6) is -0.205. The molecular weight excluding hydrogens is 324 g/mol. The van der Waals surface area contributed by atoms with Crippen LogP contribution in [0.4, 0.5) is 0 Å². The number of amides is 1. The highest BCUT2D eigenvalue weighted by molar-refractivity contribution is 6.10. The highest BCUT2D eigenvalue weighted by atomic mass is 16.1. The van der Waals surface area contributed by atoms with Crippen molar-refractivity contribution in [3.8, 4) is 11.3 Å². The molecule has 0 saturated carbocycles. The number of carbonyl (C=O) groups is 1. The first-order valence-corrected chi connectivity index (χ1v) is 8.57. The van der Waals surface area contributed by atoms with Crippen molar-refractivity contribution in [3.63, 3.8) is 0 Å². The Kier molecular flexibility index (Phi) is 4.98. The molecule has 3 aromatic rings. The van der Waals surface area contributed by atoms with Crippen LogP contribution in [0.5, 0.6) is 0 Å². The molecule has 0 bridgehead atoms. The molecule has 0 aliphatic rings. The van der Waals surface area contributed by atoms with Gasteiger partial charge in [0.25, 0.3) is 5.91 Å². The van der Waals surface area contributed by atoms with Gasteiger partial charge in [-0.15, -0.1) is 0 Å². The van der Waals surface area contributed by atoms with E-state index in [-0.39, 0.29) is 5.96 Å². The number of hydrogen-bond donors (Lipinski definition) is 2. The lowest BCUT2D eigenvalue weighted by molar-refractivity contribution is 0.100. The van der Waals surface area contributed by atoms with Crippen molar-refractivity contribution in [1.82, 2.24) is 4.98 Å². The Morgan fingerprint density at radius 1 is 1.08 bits per heavy atom. The molecule has 1 heterocycles. The minimum atomic E-state index is -0.466. The van der Waals surface area contributed by atoms with E-state index >= 15 is 0 Å². The van der Waals surface area contributed by atoms with Crippen LogP contribution < -0.4 is 11.5 Å². The minimum absolute atomic E-state index is 0.252. The van der Waals surface area contributed by atoms with Crippen LogP contribution >= 0.6 is 0 Å². The fraction of sp³-hybridized carbons (Fsp3) is 0.190. The summed E-state index contributed by atoms with van der Waals surface area (Å²) in [6.07, 6.45) is 0.932. The molecule has 0 spiro atoms. The maximum Gasteiger partial charge on any atom is 0.280 e. The Balaban J connectivity index is 2.23. The molecule has 1 amide bonds. The third-order valence-corrected chi connectivity index (χ3v) is 4.10. The Morgan fingerprint density at radius 3 is 2.50 bits per heavy atom. The summed E-state index contributed by atoms with van der Waals surface area (Å²) < 4.78 is 0. The number of hydrogen-bond acceptors (Lipinski definition) is 2. The zero-order valence-electron chi connectivity index (χ0n) is 14.9. The van der Waals surface area contributed by atoms with E-state index in [1.165, 1.54) is 5.56 Å². The predicted octanol–water partition coefficient (Wildman–Crippen LogP) is 3.51. The van der Waals surface area contributed by atoms with E-state index in [2.05, 4.69) is 24.9 Å². The van der Waals surface area contributed by atoms with Gasteiger partial charge >= 0.3 is 0 Å². The Morgan fingerprint density at radius 2 is 1.77 bits per heavy atom. The number of para-hydroxylation sites is 1. The second kappa shape index (κ2) is 7.35. The topological polar surface area (TPSA) is 94.4 Å². The lowest BCUT2D eigenvalue weighted by atomic mass is 9.95. The molecule has 26 heavy (non-hydrogen) atoms. The zero-order valence-corrected chi connectivity index (χ0v) is 14.9. The average Bonchev–Trinajstić information content (AvgIpc) is 2.60. The van der Waals surface area contributed by atoms with Gasteiger partial charge in [-0.3, -0.25) is 4.79 Å². The van der Waals surface area contributed by atoms with E-state index in [1.807, 2.05) is 42.5 Å². The van der Waals surface area contributed by atoms with E-state index in [1.54, 1.807) is 6.07 Å². The molecule has 0 fully saturated rings. The number of nitrogens with two attached hydrogens (primary N) is 2. The second-order valence-electron chi connectivity index (χ2n) is 6.67. The molecule has 4 N–H and O–H groups in total. The maximum absolute atomic E-state index is 12.5. The number of aromatic nitrogens is 1. The summed E-state index contributed by atoms with van der Waals surface area (Å²) in [5, 5.41) is 0.729. The minimum Gasteiger partial charge on any atom is -0.370 e. The van der Waals surface area contributed by atoms with Crippen molar-refractivity contribution >= 4 is 22.8 Å². The molecule has 0 atom stereocenters. The van der Waals surface area contributed by atoms with Gasteiger partial charge in [0, 0.05) is 10.9 Å². The van der Waals surface area contributed by atoms with Crippen LogP contribution in [0.25, 0.3) is 22.2 Å². The summed E-state index contributed by atoms with van der Waals surface area (Å²) in [6.45, 7) is 4.36. The molecule has 5 nitrogen and oxygen atoms in total. The van der Waals surface area contributed by atoms with E-state index < -0.39 is 5.91 Å². The molecule has 0 radical (unpaired) electrons. The number of benzene rings is 2. The van der Waals surface area contributed by atoms with Crippen molar-refractivity contribution in [1.29, 1.82) is 0 Å². The van der Waals surface area contributed by atoms with E-state index in [9.17, 15) is 4.79 Å². The highest BCUT2D eigenvalue weighted by Crippen LogP contribution is 2.29. The first-order valence-electron chi connectivity index (χ1n) is 8.57. The lowest BCUT2D eigenvalue weighted by Gasteiger charge is -2.13. The molecule has 5 heteroatoms. The van der Waals surface area contributed by atoms with Crippen LogP contribution in [0, 0.1) is 5.92 Å². The Hall–Kier alpha value is -3.21. The monoisotopic (exact) mass is 346 g/mol. The average molecular weight is 346 g/mol. The van der Waals surface area contributed by atoms with Gasteiger partial charge in [0.05, 0.1) is 16.8 Å². The Bertz CT molecular complexity index is 988. The van der Waals surface area contributed by atoms with Crippen LogP contribution in [-0.4, -0.2) is 16.9 Å². The number of guanidine groups is 1. The summed E-state index contributed by atoms with van der Waals surface area (Å²) in [5.41, 5.74) is 14.9. The fourth-order valence-corrected chi connectivity index (χ4v) is 3.06. The van der Waals surface area contributed by atoms with Crippen molar-refractivity contribution in [2.24, 2.45) is 22.4 Å². The van der Waals surface area contributed by atoms with Crippen LogP contribution in [0.1, 0.15) is 29.8 Å². The van der Waals surface area contributed by atoms with Crippen LogP contribution in [-0.2, 0) is 6.42 Å². The van der Waals surface area contributed by atoms with Gasteiger partial charge in [-0.2, -0.15) is 4.99 Å². The molecule has 3 rings (SSSR count). The number of nitrogens with zero attached hydrogens (tertiary/aromatic N) is 2. The van der Waals surface area contributed by atoms with Crippen molar-refractivity contribution < 1.29 is 4.79 Å². The van der Waals surface area contributed by atoms with Crippen molar-refractivity contribution in [2.45, 2.75) is 20.3 Å². The van der Waals surface area contributed by atoms with Gasteiger partial charge in [0.1, 0.15) is 0 Å². The fourth-order valence-electron chi connectivity index (χ4n) is 3.06. The van der Waals surface area contributed by atoms with Gasteiger partial charge in [0.15, 0.2) is 5.96 Å². The molecule has 0 aliphatic carbocycles. The Labute approximate surface area is 152 Å². The SMILES string of the molecule is CC(C)Cc1ccccc1-c1cc(C(=O)N=C(N)N)c2ccccc2n1. The standard InChI is InChI=1S/C21H22N4O/c1-13(2)11-14-7-3-4-8-15(14)19-12-17(20(26)25-21(22)23)16-9-5-6-10-18(16)24-19/h3-10,12-13H,11H2,1-2H3,(H4,22,23,25,26). The molecule has 132 valence electrons. The summed E-state index contributed by atoms with van der Waals surface area (Å²) in [4.78, 5) is 21.0. The second-order valence-corrected chi connectivity index (χ2v) is 6.67. The van der Waals surface area contributed by atoms with E-state index in [0.717, 1.165) is 28.6 Å². The van der Waals surface area contributed by atoms with E-state index in [0.29, 0.717) is 11.5 Å². The third kappa shape index (κ3) is 3.72. The number of fused-ring (bicyclic) bond motifs is 1. The molecule has 1 aromatic heterocycles. The predicted molar refractivity (Wildman–Crippen MR) is 106 cm³/mol. The quantitative estimate of drug-likeness (QED) is 0.558. The lowest BCUT2D eigenvalue weighted by Crippen LogP contribution is -2.24. The van der Waals surface area contributed by atoms with Crippen LogP contribution in [0.15, 0.2) is 59.6 Å². The first-order chi connectivity index (χ1) is 12.5. The van der Waals surface area contributed by atoms with Gasteiger partial charge in [0.2, 0.25) is 0 Å². The number of rotatable bonds is 4. The largest absolute Gasteiger partial charge is 0.370 e. The van der Waals surface area contributed by atoms with Gasteiger partial charge in [-0.25, -0.2) is 4.98 Å². The maximum atomic E-state index is 12.5. The molecule has 2 aromatic carbocycles. The van der Waals surface area contributed by atoms with Crippen molar-refractivity contribution in [2.75, 3.05) is 0 Å². The number of aliphatic imine (C=N–C) groups is 1. The summed E-state index contributed by atoms with van der Waals surface area (Å²) in [7, 11) is 0. The summed E-state index contributed by atoms with van der Waals surface area (Å²) >= 11 is 0. The van der Waals surface area contributed by atoms with Crippen LogP contribution in [0.3, 0.4) is 0 Å².